The van der Waals surface area contributed by atoms with E-state index in [4.69, 9.17) is 10.5 Å². The molecule has 112 valence electrons. The summed E-state index contributed by atoms with van der Waals surface area (Å²) in [5.74, 6) is -0.412. The first kappa shape index (κ1) is 15.3. The predicted octanol–water partition coefficient (Wildman–Crippen LogP) is 3.66. The normalized spacial score (nSPS) is 19.1. The van der Waals surface area contributed by atoms with Crippen molar-refractivity contribution in [2.45, 2.75) is 31.5 Å². The van der Waals surface area contributed by atoms with Gasteiger partial charge < -0.3 is 10.5 Å². The van der Waals surface area contributed by atoms with Gasteiger partial charge in [0.05, 0.1) is 5.56 Å². The van der Waals surface area contributed by atoms with Crippen LogP contribution in [0.25, 0.3) is 0 Å². The number of hydrogen-bond acceptors (Lipinski definition) is 2. The summed E-state index contributed by atoms with van der Waals surface area (Å²) >= 11 is 0. The van der Waals surface area contributed by atoms with E-state index in [-0.39, 0.29) is 11.5 Å². The van der Waals surface area contributed by atoms with Crippen LogP contribution in [0.3, 0.4) is 0 Å². The van der Waals surface area contributed by atoms with Gasteiger partial charge in [-0.2, -0.15) is 13.2 Å². The van der Waals surface area contributed by atoms with Crippen molar-refractivity contribution in [1.29, 1.82) is 0 Å². The molecule has 1 unspecified atom stereocenters. The summed E-state index contributed by atoms with van der Waals surface area (Å²) < 4.78 is 56.8. The maximum absolute atomic E-state index is 13.7. The molecule has 1 atom stereocenters. The molecule has 6 heteroatoms. The minimum atomic E-state index is -4.49. The van der Waals surface area contributed by atoms with Crippen molar-refractivity contribution in [2.24, 2.45) is 11.7 Å². The second-order valence-electron chi connectivity index (χ2n) is 5.13. The summed E-state index contributed by atoms with van der Waals surface area (Å²) in [5, 5.41) is 0. The van der Waals surface area contributed by atoms with Crippen LogP contribution in [-0.4, -0.2) is 13.2 Å². The van der Waals surface area contributed by atoms with E-state index in [9.17, 15) is 17.6 Å². The van der Waals surface area contributed by atoms with Crippen LogP contribution in [0.5, 0.6) is 0 Å². The first-order valence-corrected chi connectivity index (χ1v) is 6.58. The van der Waals surface area contributed by atoms with E-state index in [0.29, 0.717) is 19.6 Å². The molecule has 0 amide bonds. The lowest BCUT2D eigenvalue weighted by molar-refractivity contribution is -0.137. The zero-order valence-corrected chi connectivity index (χ0v) is 10.9. The monoisotopic (exact) mass is 291 g/mol. The molecular formula is C14H17F4NO. The average Bonchev–Trinajstić information content (AvgIpc) is 2.39. The Morgan fingerprint density at radius 2 is 1.90 bits per heavy atom. The Balaban J connectivity index is 2.13. The smallest absolute Gasteiger partial charge is 0.381 e. The summed E-state index contributed by atoms with van der Waals surface area (Å²) in [4.78, 5) is 0. The fraction of sp³-hybridized carbons (Fsp3) is 0.571. The molecule has 1 aromatic carbocycles. The van der Waals surface area contributed by atoms with Crippen molar-refractivity contribution >= 4 is 0 Å². The molecule has 1 aliphatic heterocycles. The van der Waals surface area contributed by atoms with E-state index in [1.807, 2.05) is 0 Å². The average molecular weight is 291 g/mol. The number of halogens is 4. The Labute approximate surface area is 114 Å². The van der Waals surface area contributed by atoms with Crippen molar-refractivity contribution in [3.63, 3.8) is 0 Å². The molecule has 1 fully saturated rings. The molecule has 0 radical (unpaired) electrons. The third-order valence-electron chi connectivity index (χ3n) is 3.65. The van der Waals surface area contributed by atoms with Gasteiger partial charge in [-0.3, -0.25) is 0 Å². The molecule has 2 rings (SSSR count). The second-order valence-corrected chi connectivity index (χ2v) is 5.13. The maximum Gasteiger partial charge on any atom is 0.416 e. The first-order valence-electron chi connectivity index (χ1n) is 6.58. The number of rotatable bonds is 3. The van der Waals surface area contributed by atoms with Gasteiger partial charge in [0.1, 0.15) is 5.82 Å². The Morgan fingerprint density at radius 3 is 2.50 bits per heavy atom. The van der Waals surface area contributed by atoms with Crippen LogP contribution in [0.15, 0.2) is 18.2 Å². The lowest BCUT2D eigenvalue weighted by Gasteiger charge is -2.25. The summed E-state index contributed by atoms with van der Waals surface area (Å²) in [7, 11) is 0. The summed E-state index contributed by atoms with van der Waals surface area (Å²) in [5.41, 5.74) is 4.96. The molecule has 0 bridgehead atoms. The molecule has 20 heavy (non-hydrogen) atoms. The largest absolute Gasteiger partial charge is 0.416 e. The van der Waals surface area contributed by atoms with Gasteiger partial charge in [-0.15, -0.1) is 0 Å². The maximum atomic E-state index is 13.7. The van der Waals surface area contributed by atoms with Crippen molar-refractivity contribution in [3.8, 4) is 0 Å². The van der Waals surface area contributed by atoms with Crippen LogP contribution >= 0.6 is 0 Å². The minimum absolute atomic E-state index is 0.0636. The molecule has 2 nitrogen and oxygen atoms in total. The first-order chi connectivity index (χ1) is 9.38. The molecule has 1 aromatic rings. The molecule has 0 aliphatic carbocycles. The van der Waals surface area contributed by atoms with Crippen LogP contribution in [0, 0.1) is 11.7 Å². The number of hydrogen-bond donors (Lipinski definition) is 1. The number of alkyl halides is 3. The molecule has 2 N–H and O–H groups in total. The quantitative estimate of drug-likeness (QED) is 0.863. The van der Waals surface area contributed by atoms with Crippen LogP contribution < -0.4 is 5.73 Å². The molecule has 0 spiro atoms. The molecule has 1 saturated heterocycles. The molecule has 0 saturated carbocycles. The predicted molar refractivity (Wildman–Crippen MR) is 66.5 cm³/mol. The van der Waals surface area contributed by atoms with Crippen LogP contribution in [0.4, 0.5) is 17.6 Å². The summed E-state index contributed by atoms with van der Waals surface area (Å²) in [6.07, 6.45) is -2.38. The van der Waals surface area contributed by atoms with E-state index < -0.39 is 23.6 Å². The van der Waals surface area contributed by atoms with Crippen LogP contribution in [0.1, 0.15) is 36.4 Å². The highest BCUT2D eigenvalue weighted by atomic mass is 19.4. The van der Waals surface area contributed by atoms with Gasteiger partial charge in [0, 0.05) is 24.8 Å². The van der Waals surface area contributed by atoms with Crippen molar-refractivity contribution in [1.82, 2.24) is 0 Å². The standard InChI is InChI=1S/C14H17F4NO/c15-12-2-1-10(14(16,17)18)8-11(12)13(19)7-9-3-5-20-6-4-9/h1-2,8-9,13H,3-7,19H2. The molecule has 1 heterocycles. The minimum Gasteiger partial charge on any atom is -0.381 e. The van der Waals surface area contributed by atoms with E-state index in [2.05, 4.69) is 0 Å². The van der Waals surface area contributed by atoms with Gasteiger partial charge in [0.2, 0.25) is 0 Å². The highest BCUT2D eigenvalue weighted by Crippen LogP contribution is 2.33. The highest BCUT2D eigenvalue weighted by molar-refractivity contribution is 5.29. The summed E-state index contributed by atoms with van der Waals surface area (Å²) in [6, 6.07) is 1.67. The van der Waals surface area contributed by atoms with Gasteiger partial charge in [-0.25, -0.2) is 4.39 Å². The molecule has 1 aliphatic rings. The molecular weight excluding hydrogens is 274 g/mol. The zero-order valence-electron chi connectivity index (χ0n) is 10.9. The van der Waals surface area contributed by atoms with E-state index in [1.54, 1.807) is 0 Å². The van der Waals surface area contributed by atoms with Gasteiger partial charge in [0.15, 0.2) is 0 Å². The number of nitrogens with two attached hydrogens (primary N) is 1. The fourth-order valence-electron chi connectivity index (χ4n) is 2.47. The van der Waals surface area contributed by atoms with E-state index in [1.165, 1.54) is 0 Å². The SMILES string of the molecule is NC(CC1CCOCC1)c1cc(C(F)(F)F)ccc1F. The Morgan fingerprint density at radius 1 is 1.25 bits per heavy atom. The molecule has 0 aromatic heterocycles. The van der Waals surface area contributed by atoms with Crippen molar-refractivity contribution in [2.75, 3.05) is 13.2 Å². The Kier molecular flexibility index (Phi) is 4.65. The Bertz CT molecular complexity index is 455. The lowest BCUT2D eigenvalue weighted by atomic mass is 9.89. The van der Waals surface area contributed by atoms with Gasteiger partial charge in [0.25, 0.3) is 0 Å². The number of benzene rings is 1. The van der Waals surface area contributed by atoms with Crippen molar-refractivity contribution in [3.05, 3.63) is 35.1 Å². The second kappa shape index (κ2) is 6.10. The lowest BCUT2D eigenvalue weighted by Crippen LogP contribution is -2.22. The topological polar surface area (TPSA) is 35.2 Å². The van der Waals surface area contributed by atoms with E-state index >= 15 is 0 Å². The van der Waals surface area contributed by atoms with Crippen LogP contribution in [0.2, 0.25) is 0 Å². The Hall–Kier alpha value is -1.14. The van der Waals surface area contributed by atoms with Gasteiger partial charge >= 0.3 is 6.18 Å². The highest BCUT2D eigenvalue weighted by Gasteiger charge is 2.32. The van der Waals surface area contributed by atoms with E-state index in [0.717, 1.165) is 31.0 Å². The van der Waals surface area contributed by atoms with Gasteiger partial charge in [-0.1, -0.05) is 0 Å². The van der Waals surface area contributed by atoms with Crippen LogP contribution in [-0.2, 0) is 10.9 Å². The third-order valence-corrected chi connectivity index (χ3v) is 3.65. The summed E-state index contributed by atoms with van der Waals surface area (Å²) in [6.45, 7) is 1.25. The van der Waals surface area contributed by atoms with Crippen molar-refractivity contribution < 1.29 is 22.3 Å². The third kappa shape index (κ3) is 3.70. The van der Waals surface area contributed by atoms with Gasteiger partial charge in [-0.05, 0) is 43.4 Å². The zero-order chi connectivity index (χ0) is 14.8. The number of ether oxygens (including phenoxy) is 1. The fourth-order valence-corrected chi connectivity index (χ4v) is 2.47.